The molecule has 2 saturated heterocycles. The van der Waals surface area contributed by atoms with Gasteiger partial charge < -0.3 is 18.9 Å². The zero-order valence-electron chi connectivity index (χ0n) is 18.4. The first-order valence-electron chi connectivity index (χ1n) is 10.5. The molecule has 0 unspecified atom stereocenters. The highest BCUT2D eigenvalue weighted by Crippen LogP contribution is 2.49. The zero-order valence-corrected chi connectivity index (χ0v) is 19.9. The Morgan fingerprint density at radius 2 is 1.72 bits per heavy atom. The van der Waals surface area contributed by atoms with Crippen LogP contribution >= 0.6 is 23.2 Å². The Morgan fingerprint density at radius 3 is 2.28 bits per heavy atom. The minimum atomic E-state index is -2.54. The van der Waals surface area contributed by atoms with Crippen LogP contribution in [0, 0.1) is 5.92 Å². The van der Waals surface area contributed by atoms with E-state index in [-0.39, 0.29) is 35.3 Å². The fourth-order valence-corrected chi connectivity index (χ4v) is 4.85. The average Bonchev–Trinajstić information content (AvgIpc) is 3.11. The van der Waals surface area contributed by atoms with Gasteiger partial charge in [-0.25, -0.2) is 9.59 Å². The summed E-state index contributed by atoms with van der Waals surface area (Å²) in [6.07, 6.45) is -1.04. The van der Waals surface area contributed by atoms with Crippen molar-refractivity contribution in [2.45, 2.75) is 58.6 Å². The highest BCUT2D eigenvalue weighted by atomic mass is 35.5. The molecule has 2 fully saturated rings. The van der Waals surface area contributed by atoms with E-state index in [0.717, 1.165) is 0 Å². The van der Waals surface area contributed by atoms with Gasteiger partial charge in [0, 0.05) is 24.7 Å². The lowest BCUT2D eigenvalue weighted by molar-refractivity contribution is -0.154. The summed E-state index contributed by atoms with van der Waals surface area (Å²) < 4.78 is 13.9. The van der Waals surface area contributed by atoms with E-state index < -0.39 is 42.6 Å². The van der Waals surface area contributed by atoms with E-state index in [0.29, 0.717) is 11.4 Å². The van der Waals surface area contributed by atoms with Gasteiger partial charge in [-0.05, 0) is 30.5 Å². The third-order valence-corrected chi connectivity index (χ3v) is 6.45. The fourth-order valence-electron chi connectivity index (χ4n) is 4.47. The van der Waals surface area contributed by atoms with Gasteiger partial charge in [0.25, 0.3) is 5.91 Å². The maximum Gasteiger partial charge on any atom is 0.688 e. The molecule has 2 heterocycles. The third-order valence-electron chi connectivity index (χ3n) is 5.88. The average molecular weight is 486 g/mol. The standard InChI is InChI=1S/C21H26BCl2NO7/c1-11(2)7-14(22-30-20(28)12(3)32(22)13(4)21(29)31-22)8-16(26)10-25-19(27)17-9-15(23)5-6-18(17)24/h5-6,9,11-14H,7-8,10H2,1-4H3,(H,25,27)/t12-,13-,14+/m0/s1. The van der Waals surface area contributed by atoms with Gasteiger partial charge in [-0.2, -0.15) is 0 Å². The summed E-state index contributed by atoms with van der Waals surface area (Å²) in [7, 11) is 0. The molecular weight excluding hydrogens is 460 g/mol. The summed E-state index contributed by atoms with van der Waals surface area (Å²) in [5.41, 5.74) is 0.160. The molecule has 0 bridgehead atoms. The number of hydrogen-bond donors (Lipinski definition) is 1. The summed E-state index contributed by atoms with van der Waals surface area (Å²) in [5.74, 6) is -2.30. The first kappa shape index (κ1) is 24.5. The maximum absolute atomic E-state index is 12.8. The normalized spacial score (nSPS) is 23.0. The lowest BCUT2D eigenvalue weighted by Gasteiger charge is -2.38. The second kappa shape index (κ2) is 9.41. The van der Waals surface area contributed by atoms with Crippen LogP contribution in [0.25, 0.3) is 0 Å². The Balaban J connectivity index is 1.75. The Morgan fingerprint density at radius 1 is 1.12 bits per heavy atom. The van der Waals surface area contributed by atoms with E-state index >= 15 is 0 Å². The summed E-state index contributed by atoms with van der Waals surface area (Å²) in [4.78, 5) is 49.9. The zero-order chi connectivity index (χ0) is 23.8. The number of hydrogen-bond acceptors (Lipinski definition) is 6. The number of amides is 1. The van der Waals surface area contributed by atoms with Crippen LogP contribution < -0.4 is 5.32 Å². The molecule has 1 aromatic rings. The monoisotopic (exact) mass is 485 g/mol. The van der Waals surface area contributed by atoms with Crippen molar-refractivity contribution in [3.05, 3.63) is 33.8 Å². The van der Waals surface area contributed by atoms with Gasteiger partial charge in [-0.3, -0.25) is 9.59 Å². The molecule has 2 aliphatic heterocycles. The van der Waals surface area contributed by atoms with Gasteiger partial charge >= 0.3 is 18.7 Å². The van der Waals surface area contributed by atoms with Crippen molar-refractivity contribution in [2.24, 2.45) is 5.92 Å². The molecule has 3 atom stereocenters. The number of carbonyl (C=O) groups is 4. The van der Waals surface area contributed by atoms with Crippen LogP contribution in [0.4, 0.5) is 0 Å². The number of carbonyl (C=O) groups excluding carboxylic acids is 4. The number of halogens is 2. The molecular formula is C21H26BCl2NO7. The van der Waals surface area contributed by atoms with Crippen LogP contribution in [0.15, 0.2) is 18.2 Å². The highest BCUT2D eigenvalue weighted by Gasteiger charge is 2.71. The van der Waals surface area contributed by atoms with E-state index in [1.54, 1.807) is 19.9 Å². The van der Waals surface area contributed by atoms with Crippen LogP contribution in [0.5, 0.6) is 0 Å². The molecule has 8 nitrogen and oxygen atoms in total. The molecule has 0 aromatic heterocycles. The summed E-state index contributed by atoms with van der Waals surface area (Å²) >= 11 is 12.0. The maximum atomic E-state index is 12.8. The smallest absolute Gasteiger partial charge is 0.579 e. The molecule has 0 radical (unpaired) electrons. The van der Waals surface area contributed by atoms with E-state index in [1.807, 2.05) is 13.8 Å². The number of ketones is 1. The molecule has 0 saturated carbocycles. The van der Waals surface area contributed by atoms with E-state index in [9.17, 15) is 19.2 Å². The Hall–Kier alpha value is -2.10. The molecule has 11 heteroatoms. The van der Waals surface area contributed by atoms with E-state index in [1.165, 1.54) is 12.1 Å². The lowest BCUT2D eigenvalue weighted by atomic mass is 9.58. The fraction of sp³-hybridized carbons (Fsp3) is 0.524. The van der Waals surface area contributed by atoms with Gasteiger partial charge in [0.2, 0.25) is 12.2 Å². The number of Topliss-reactive ketones (excluding diaryl/α,β-unsaturated/α-hetero) is 1. The molecule has 3 rings (SSSR count). The van der Waals surface area contributed by atoms with Gasteiger partial charge in [0.15, 0.2) is 0 Å². The molecule has 0 spiro atoms. The Bertz CT molecular complexity index is 930. The molecule has 1 aromatic carbocycles. The van der Waals surface area contributed by atoms with Crippen LogP contribution in [0.3, 0.4) is 0 Å². The van der Waals surface area contributed by atoms with Crippen LogP contribution in [0.1, 0.15) is 50.9 Å². The molecule has 2 aliphatic rings. The molecule has 0 aliphatic carbocycles. The van der Waals surface area contributed by atoms with Crippen LogP contribution in [-0.4, -0.2) is 49.1 Å². The first-order chi connectivity index (χ1) is 15.0. The SMILES string of the molecule is CC(C)C[C@H](CC(=O)CNC(=O)c1cc(Cl)ccc1Cl)[B-]12OC(=O)[C@H](C)[O+]1[C@@H](C)C(=O)O2. The van der Waals surface area contributed by atoms with Crippen molar-refractivity contribution < 1.29 is 32.8 Å². The second-order valence-corrected chi connectivity index (χ2v) is 9.55. The van der Waals surface area contributed by atoms with Crippen molar-refractivity contribution in [1.82, 2.24) is 5.32 Å². The van der Waals surface area contributed by atoms with Gasteiger partial charge in [0.1, 0.15) is 5.78 Å². The van der Waals surface area contributed by atoms with Crippen LogP contribution in [-0.2, 0) is 28.0 Å². The number of benzene rings is 1. The Labute approximate surface area is 196 Å². The third kappa shape index (κ3) is 4.65. The highest BCUT2D eigenvalue weighted by molar-refractivity contribution is 6.70. The molecule has 174 valence electrons. The molecule has 1 N–H and O–H groups in total. The first-order valence-corrected chi connectivity index (χ1v) is 11.3. The van der Waals surface area contributed by atoms with Gasteiger partial charge in [0.05, 0.1) is 17.1 Å². The number of nitrogens with one attached hydrogen (secondary N) is 1. The quantitative estimate of drug-likeness (QED) is 0.446. The van der Waals surface area contributed by atoms with Gasteiger partial charge in [-0.15, -0.1) is 0 Å². The largest absolute Gasteiger partial charge is 0.688 e. The topological polar surface area (TPSA) is 101 Å². The minimum Gasteiger partial charge on any atom is -0.579 e. The van der Waals surface area contributed by atoms with Crippen molar-refractivity contribution >= 4 is 53.6 Å². The Kier molecular flexibility index (Phi) is 7.22. The number of rotatable bonds is 8. The predicted molar refractivity (Wildman–Crippen MR) is 120 cm³/mol. The predicted octanol–water partition coefficient (Wildman–Crippen LogP) is 3.48. The molecule has 32 heavy (non-hydrogen) atoms. The summed E-state index contributed by atoms with van der Waals surface area (Å²) in [5, 5.41) is 3.10. The van der Waals surface area contributed by atoms with E-state index in [2.05, 4.69) is 9.60 Å². The van der Waals surface area contributed by atoms with Crippen molar-refractivity contribution in [3.63, 3.8) is 0 Å². The van der Waals surface area contributed by atoms with E-state index in [4.69, 9.17) is 32.5 Å². The minimum absolute atomic E-state index is 0.0504. The summed E-state index contributed by atoms with van der Waals surface area (Å²) in [6, 6.07) is 4.47. The summed E-state index contributed by atoms with van der Waals surface area (Å²) in [6.45, 7) is 4.36. The van der Waals surface area contributed by atoms with Crippen LogP contribution in [0.2, 0.25) is 15.9 Å². The van der Waals surface area contributed by atoms with Crippen molar-refractivity contribution in [1.29, 1.82) is 0 Å². The second-order valence-electron chi connectivity index (χ2n) is 8.70. The lowest BCUT2D eigenvalue weighted by Crippen LogP contribution is -2.50. The molecule has 1 amide bonds. The van der Waals surface area contributed by atoms with Gasteiger partial charge in [-0.1, -0.05) is 43.5 Å². The van der Waals surface area contributed by atoms with Crippen molar-refractivity contribution in [2.75, 3.05) is 6.54 Å². The van der Waals surface area contributed by atoms with Crippen molar-refractivity contribution in [3.8, 4) is 0 Å². The number of fused-ring (bicyclic) bond motifs is 1.